The molecular weight excluding hydrogens is 372 g/mol. The first kappa shape index (κ1) is 20.5. The van der Waals surface area contributed by atoms with Gasteiger partial charge in [-0.05, 0) is 61.6 Å². The van der Waals surface area contributed by atoms with E-state index in [1.807, 2.05) is 36.5 Å². The zero-order valence-corrected chi connectivity index (χ0v) is 18.0. The summed E-state index contributed by atoms with van der Waals surface area (Å²) in [4.78, 5) is 22.1. The molecule has 0 unspecified atom stereocenters. The van der Waals surface area contributed by atoms with Crippen molar-refractivity contribution in [3.05, 3.63) is 65.5 Å². The topological polar surface area (TPSA) is 51.5 Å². The third kappa shape index (κ3) is 4.23. The number of rotatable bonds is 8. The molecule has 0 N–H and O–H groups in total. The molecule has 156 valence electrons. The number of ether oxygens (including phenoxy) is 1. The number of ketones is 1. The molecule has 2 aliphatic heterocycles. The van der Waals surface area contributed by atoms with Crippen molar-refractivity contribution in [2.45, 2.75) is 70.8 Å². The summed E-state index contributed by atoms with van der Waals surface area (Å²) in [6, 6.07) is 9.92. The van der Waals surface area contributed by atoms with Crippen molar-refractivity contribution in [3.8, 4) is 5.75 Å². The van der Waals surface area contributed by atoms with Crippen LogP contribution in [-0.2, 0) is 0 Å². The molecule has 1 aromatic heterocycles. The van der Waals surface area contributed by atoms with Gasteiger partial charge in [-0.3, -0.25) is 14.8 Å². The highest BCUT2D eigenvalue weighted by Gasteiger charge is 2.39. The smallest absolute Gasteiger partial charge is 0.170 e. The Balaban J connectivity index is 1.58. The Kier molecular flexibility index (Phi) is 6.12. The molecule has 0 spiro atoms. The van der Waals surface area contributed by atoms with Crippen molar-refractivity contribution in [3.63, 3.8) is 0 Å². The van der Waals surface area contributed by atoms with Crippen molar-refractivity contribution in [1.29, 1.82) is 0 Å². The summed E-state index contributed by atoms with van der Waals surface area (Å²) in [5.74, 6) is 0.936. The first-order valence-corrected chi connectivity index (χ1v) is 11.2. The van der Waals surface area contributed by atoms with E-state index in [9.17, 15) is 4.79 Å². The highest BCUT2D eigenvalue weighted by Crippen LogP contribution is 2.40. The molecule has 0 fully saturated rings. The van der Waals surface area contributed by atoms with E-state index in [1.165, 1.54) is 0 Å². The van der Waals surface area contributed by atoms with Gasteiger partial charge >= 0.3 is 0 Å². The van der Waals surface area contributed by atoms with Crippen LogP contribution in [0.25, 0.3) is 5.70 Å². The summed E-state index contributed by atoms with van der Waals surface area (Å²) in [5.41, 5.74) is 4.30. The molecule has 4 heteroatoms. The van der Waals surface area contributed by atoms with Crippen LogP contribution >= 0.6 is 0 Å². The van der Waals surface area contributed by atoms with E-state index >= 15 is 0 Å². The summed E-state index contributed by atoms with van der Waals surface area (Å²) >= 11 is 0. The van der Waals surface area contributed by atoms with Crippen LogP contribution in [-0.4, -0.2) is 22.1 Å². The fourth-order valence-electron chi connectivity index (χ4n) is 4.38. The van der Waals surface area contributed by atoms with E-state index in [0.717, 1.165) is 73.2 Å². The predicted octanol–water partition coefficient (Wildman–Crippen LogP) is 6.40. The minimum absolute atomic E-state index is 0.198. The first-order valence-electron chi connectivity index (χ1n) is 11.2. The SMILES string of the molecule is CCCCC1(CCCC)CC(=O)c2cc(C3=NC(c4cccnc4)=CC3)ccc2O1. The Morgan fingerprint density at radius 1 is 1.07 bits per heavy atom. The van der Waals surface area contributed by atoms with E-state index in [0.29, 0.717) is 12.0 Å². The van der Waals surface area contributed by atoms with Crippen LogP contribution in [0.2, 0.25) is 0 Å². The molecular formula is C26H30N2O2. The zero-order valence-electron chi connectivity index (χ0n) is 18.0. The molecule has 1 aromatic carbocycles. The largest absolute Gasteiger partial charge is 0.486 e. The summed E-state index contributed by atoms with van der Waals surface area (Å²) in [5, 5.41) is 0. The van der Waals surface area contributed by atoms with Gasteiger partial charge < -0.3 is 4.74 Å². The lowest BCUT2D eigenvalue weighted by atomic mass is 9.82. The molecule has 2 aliphatic rings. The van der Waals surface area contributed by atoms with Crippen LogP contribution in [0.5, 0.6) is 5.75 Å². The monoisotopic (exact) mass is 402 g/mol. The third-order valence-corrected chi connectivity index (χ3v) is 6.10. The first-order chi connectivity index (χ1) is 14.6. The molecule has 30 heavy (non-hydrogen) atoms. The van der Waals surface area contributed by atoms with Crippen molar-refractivity contribution in [1.82, 2.24) is 4.98 Å². The number of allylic oxidation sites excluding steroid dienone is 1. The number of carbonyl (C=O) groups excluding carboxylic acids is 1. The number of carbonyl (C=O) groups is 1. The number of pyridine rings is 1. The van der Waals surface area contributed by atoms with E-state index < -0.39 is 0 Å². The highest BCUT2D eigenvalue weighted by atomic mass is 16.5. The van der Waals surface area contributed by atoms with Gasteiger partial charge in [-0.2, -0.15) is 0 Å². The van der Waals surface area contributed by atoms with Crippen LogP contribution in [0, 0.1) is 0 Å². The van der Waals surface area contributed by atoms with Gasteiger partial charge in [0, 0.05) is 24.4 Å². The van der Waals surface area contributed by atoms with Gasteiger partial charge in [-0.1, -0.05) is 32.8 Å². The van der Waals surface area contributed by atoms with Gasteiger partial charge in [0.15, 0.2) is 5.78 Å². The predicted molar refractivity (Wildman–Crippen MR) is 121 cm³/mol. The Hall–Kier alpha value is -2.75. The molecule has 3 heterocycles. The molecule has 0 atom stereocenters. The average Bonchev–Trinajstić information content (AvgIpc) is 3.27. The Bertz CT molecular complexity index is 968. The van der Waals surface area contributed by atoms with Crippen LogP contribution in [0.3, 0.4) is 0 Å². The normalized spacial score (nSPS) is 17.2. The van der Waals surface area contributed by atoms with Gasteiger partial charge in [0.25, 0.3) is 0 Å². The number of aromatic nitrogens is 1. The molecule has 0 amide bonds. The zero-order chi connectivity index (χ0) is 21.0. The maximum atomic E-state index is 13.1. The summed E-state index contributed by atoms with van der Waals surface area (Å²) in [6.45, 7) is 4.38. The minimum atomic E-state index is -0.336. The lowest BCUT2D eigenvalue weighted by Crippen LogP contribution is -2.42. The van der Waals surface area contributed by atoms with Crippen molar-refractivity contribution in [2.75, 3.05) is 0 Å². The van der Waals surface area contributed by atoms with Crippen molar-refractivity contribution >= 4 is 17.2 Å². The molecule has 0 aliphatic carbocycles. The summed E-state index contributed by atoms with van der Waals surface area (Å²) in [6.07, 6.45) is 13.2. The number of Topliss-reactive ketones (excluding diaryl/α,β-unsaturated/α-hetero) is 1. The Morgan fingerprint density at radius 2 is 1.87 bits per heavy atom. The fraction of sp³-hybridized carbons (Fsp3) is 0.423. The molecule has 0 saturated heterocycles. The van der Waals surface area contributed by atoms with E-state index in [1.54, 1.807) is 6.20 Å². The number of nitrogens with zero attached hydrogens (tertiary/aromatic N) is 2. The van der Waals surface area contributed by atoms with Gasteiger partial charge in [-0.15, -0.1) is 0 Å². The van der Waals surface area contributed by atoms with Gasteiger partial charge in [0.05, 0.1) is 23.4 Å². The second-order valence-corrected chi connectivity index (χ2v) is 8.40. The maximum Gasteiger partial charge on any atom is 0.170 e. The van der Waals surface area contributed by atoms with Crippen molar-refractivity contribution in [2.24, 2.45) is 4.99 Å². The quantitative estimate of drug-likeness (QED) is 0.513. The van der Waals surface area contributed by atoms with E-state index in [-0.39, 0.29) is 11.4 Å². The number of aliphatic imine (C=N–C) groups is 1. The molecule has 0 saturated carbocycles. The van der Waals surface area contributed by atoms with Crippen molar-refractivity contribution < 1.29 is 9.53 Å². The summed E-state index contributed by atoms with van der Waals surface area (Å²) < 4.78 is 6.52. The van der Waals surface area contributed by atoms with Crippen LogP contribution in [0.4, 0.5) is 0 Å². The fourth-order valence-corrected chi connectivity index (χ4v) is 4.38. The Labute approximate surface area is 179 Å². The van der Waals surface area contributed by atoms with E-state index in [2.05, 4.69) is 24.9 Å². The molecule has 2 aromatic rings. The molecule has 4 rings (SSSR count). The number of hydrogen-bond donors (Lipinski definition) is 0. The standard InChI is InChI=1S/C26H30N2O2/c1-3-5-13-26(14-6-4-2)17-24(29)21-16-19(9-12-25(21)30-26)22-10-11-23(28-22)20-8-7-15-27-18-20/h7-9,11-12,15-16,18H,3-6,10,13-14,17H2,1-2H3. The van der Waals surface area contributed by atoms with Crippen LogP contribution < -0.4 is 4.74 Å². The number of fused-ring (bicyclic) bond motifs is 1. The lowest BCUT2D eigenvalue weighted by molar-refractivity contribution is 0.0250. The minimum Gasteiger partial charge on any atom is -0.486 e. The second-order valence-electron chi connectivity index (χ2n) is 8.40. The van der Waals surface area contributed by atoms with Gasteiger partial charge in [-0.25, -0.2) is 0 Å². The van der Waals surface area contributed by atoms with Crippen LogP contribution in [0.1, 0.15) is 86.7 Å². The molecule has 4 nitrogen and oxygen atoms in total. The third-order valence-electron chi connectivity index (χ3n) is 6.10. The molecule has 0 radical (unpaired) electrons. The van der Waals surface area contributed by atoms with Gasteiger partial charge in [0.1, 0.15) is 11.4 Å². The van der Waals surface area contributed by atoms with E-state index in [4.69, 9.17) is 9.73 Å². The van der Waals surface area contributed by atoms with Crippen LogP contribution in [0.15, 0.2) is 53.8 Å². The average molecular weight is 403 g/mol. The molecule has 0 bridgehead atoms. The maximum absolute atomic E-state index is 13.1. The Morgan fingerprint density at radius 3 is 2.57 bits per heavy atom. The summed E-state index contributed by atoms with van der Waals surface area (Å²) in [7, 11) is 0. The second kappa shape index (κ2) is 8.95. The number of benzene rings is 1. The highest BCUT2D eigenvalue weighted by molar-refractivity contribution is 6.09. The number of hydrogen-bond acceptors (Lipinski definition) is 4. The van der Waals surface area contributed by atoms with Gasteiger partial charge in [0.2, 0.25) is 0 Å². The number of unbranched alkanes of at least 4 members (excludes halogenated alkanes) is 2. The lowest BCUT2D eigenvalue weighted by Gasteiger charge is -2.38.